The molecule has 0 aromatic carbocycles. The summed E-state index contributed by atoms with van der Waals surface area (Å²) in [4.78, 5) is 0. The lowest BCUT2D eigenvalue weighted by atomic mass is 10.2. The molecule has 4 heteroatoms. The van der Waals surface area contributed by atoms with Gasteiger partial charge in [-0.05, 0) is 32.0 Å². The topological polar surface area (TPSA) is 44.3 Å². The van der Waals surface area contributed by atoms with Crippen LogP contribution in [0.15, 0.2) is 11.6 Å². The molecule has 0 saturated heterocycles. The molecule has 0 amide bonds. The van der Waals surface area contributed by atoms with Gasteiger partial charge < -0.3 is 15.7 Å². The van der Waals surface area contributed by atoms with Crippen LogP contribution in [0.25, 0.3) is 0 Å². The Labute approximate surface area is 84.2 Å². The molecule has 0 radical (unpaired) electrons. The Morgan fingerprint density at radius 1 is 1.77 bits per heavy atom. The quantitative estimate of drug-likeness (QED) is 0.460. The van der Waals surface area contributed by atoms with Crippen molar-refractivity contribution in [3.63, 3.8) is 0 Å². The van der Waals surface area contributed by atoms with E-state index in [1.54, 1.807) is 0 Å². The fourth-order valence-corrected chi connectivity index (χ4v) is 1.65. The number of rotatable bonds is 3. The van der Waals surface area contributed by atoms with Gasteiger partial charge in [-0.1, -0.05) is 11.6 Å². The average molecular weight is 200 g/mol. The zero-order chi connectivity index (χ0) is 9.68. The molecule has 1 aliphatic carbocycles. The molecule has 0 bridgehead atoms. The van der Waals surface area contributed by atoms with Crippen molar-refractivity contribution in [3.05, 3.63) is 11.6 Å². The molecular weight excluding hydrogens is 184 g/mol. The van der Waals surface area contributed by atoms with Crippen molar-refractivity contribution in [1.82, 2.24) is 10.6 Å². The minimum absolute atomic E-state index is 0.112. The molecule has 1 unspecified atom stereocenters. The molecule has 1 atom stereocenters. The molecule has 0 heterocycles. The van der Waals surface area contributed by atoms with Gasteiger partial charge in [-0.3, -0.25) is 0 Å². The highest BCUT2D eigenvalue weighted by molar-refractivity contribution is 7.80. The maximum Gasteiger partial charge on any atom is 0.166 e. The lowest BCUT2D eigenvalue weighted by molar-refractivity contribution is 0.300. The lowest BCUT2D eigenvalue weighted by Gasteiger charge is -2.13. The number of allylic oxidation sites excluding steroid dienone is 1. The van der Waals surface area contributed by atoms with Crippen LogP contribution in [0.3, 0.4) is 0 Å². The lowest BCUT2D eigenvalue weighted by Crippen LogP contribution is -2.41. The Hall–Kier alpha value is -0.610. The van der Waals surface area contributed by atoms with Crippen molar-refractivity contribution < 1.29 is 5.11 Å². The highest BCUT2D eigenvalue weighted by atomic mass is 32.1. The van der Waals surface area contributed by atoms with E-state index in [0.717, 1.165) is 12.8 Å². The van der Waals surface area contributed by atoms with Crippen molar-refractivity contribution >= 4 is 17.3 Å². The number of hydrogen-bond donors (Lipinski definition) is 3. The van der Waals surface area contributed by atoms with Crippen molar-refractivity contribution in [2.24, 2.45) is 0 Å². The van der Waals surface area contributed by atoms with Crippen LogP contribution in [0.2, 0.25) is 0 Å². The summed E-state index contributed by atoms with van der Waals surface area (Å²) in [6, 6.07) is 0.374. The smallest absolute Gasteiger partial charge is 0.166 e. The molecule has 0 fully saturated rings. The third-order valence-corrected chi connectivity index (χ3v) is 2.31. The number of aliphatic hydroxyl groups is 1. The third-order valence-electron chi connectivity index (χ3n) is 2.05. The number of thiocarbonyl (C=S) groups is 1. The minimum Gasteiger partial charge on any atom is -0.395 e. The van der Waals surface area contributed by atoms with Gasteiger partial charge in [-0.2, -0.15) is 0 Å². The normalized spacial score (nSPS) is 21.1. The first kappa shape index (κ1) is 10.5. The zero-order valence-electron chi connectivity index (χ0n) is 7.84. The second kappa shape index (κ2) is 5.19. The summed E-state index contributed by atoms with van der Waals surface area (Å²) in [5.74, 6) is 0. The highest BCUT2D eigenvalue weighted by Crippen LogP contribution is 2.16. The molecule has 0 aromatic rings. The summed E-state index contributed by atoms with van der Waals surface area (Å²) in [7, 11) is 0. The van der Waals surface area contributed by atoms with E-state index in [4.69, 9.17) is 17.3 Å². The maximum absolute atomic E-state index is 8.56. The molecule has 74 valence electrons. The fraction of sp³-hybridized carbons (Fsp3) is 0.667. The first-order valence-corrected chi connectivity index (χ1v) is 4.95. The highest BCUT2D eigenvalue weighted by Gasteiger charge is 2.12. The van der Waals surface area contributed by atoms with Gasteiger partial charge >= 0.3 is 0 Å². The van der Waals surface area contributed by atoms with Crippen LogP contribution in [0, 0.1) is 0 Å². The molecule has 1 aliphatic rings. The predicted octanol–water partition coefficient (Wildman–Crippen LogP) is 0.551. The SMILES string of the molecule is CC1=CC(NC(=S)NCCO)CC1. The van der Waals surface area contributed by atoms with E-state index < -0.39 is 0 Å². The summed E-state index contributed by atoms with van der Waals surface area (Å²) >= 11 is 5.03. The minimum atomic E-state index is 0.112. The zero-order valence-corrected chi connectivity index (χ0v) is 8.66. The molecular formula is C9H16N2OS. The summed E-state index contributed by atoms with van der Waals surface area (Å²) < 4.78 is 0. The third kappa shape index (κ3) is 3.74. The van der Waals surface area contributed by atoms with Gasteiger partial charge in [0.15, 0.2) is 5.11 Å². The Kier molecular flexibility index (Phi) is 4.18. The molecule has 0 saturated carbocycles. The van der Waals surface area contributed by atoms with Gasteiger partial charge in [-0.25, -0.2) is 0 Å². The fourth-order valence-electron chi connectivity index (χ4n) is 1.40. The van der Waals surface area contributed by atoms with E-state index >= 15 is 0 Å². The summed E-state index contributed by atoms with van der Waals surface area (Å²) in [5, 5.41) is 15.3. The monoisotopic (exact) mass is 200 g/mol. The molecule has 1 rings (SSSR count). The van der Waals surface area contributed by atoms with Gasteiger partial charge in [0.2, 0.25) is 0 Å². The van der Waals surface area contributed by atoms with Crippen molar-refractivity contribution in [2.45, 2.75) is 25.8 Å². The van der Waals surface area contributed by atoms with Gasteiger partial charge in [0, 0.05) is 12.6 Å². The van der Waals surface area contributed by atoms with Crippen LogP contribution in [0.1, 0.15) is 19.8 Å². The van der Waals surface area contributed by atoms with Crippen LogP contribution in [0.5, 0.6) is 0 Å². The Morgan fingerprint density at radius 3 is 3.08 bits per heavy atom. The van der Waals surface area contributed by atoms with Gasteiger partial charge in [0.25, 0.3) is 0 Å². The van der Waals surface area contributed by atoms with E-state index in [9.17, 15) is 0 Å². The predicted molar refractivity (Wildman–Crippen MR) is 57.6 cm³/mol. The first-order valence-electron chi connectivity index (χ1n) is 4.55. The maximum atomic E-state index is 8.56. The van der Waals surface area contributed by atoms with E-state index in [2.05, 4.69) is 23.6 Å². The van der Waals surface area contributed by atoms with E-state index in [1.807, 2.05) is 0 Å². The molecule has 3 N–H and O–H groups in total. The van der Waals surface area contributed by atoms with Crippen LogP contribution in [-0.4, -0.2) is 29.4 Å². The van der Waals surface area contributed by atoms with E-state index in [-0.39, 0.29) is 6.61 Å². The Balaban J connectivity index is 2.21. The number of aliphatic hydroxyl groups excluding tert-OH is 1. The molecule has 0 spiro atoms. The van der Waals surface area contributed by atoms with Crippen LogP contribution in [0.4, 0.5) is 0 Å². The standard InChI is InChI=1S/C9H16N2OS/c1-7-2-3-8(6-7)11-9(13)10-4-5-12/h6,8,12H,2-5H2,1H3,(H2,10,11,13). The first-order chi connectivity index (χ1) is 6.22. The van der Waals surface area contributed by atoms with Crippen molar-refractivity contribution in [1.29, 1.82) is 0 Å². The van der Waals surface area contributed by atoms with Gasteiger partial charge in [-0.15, -0.1) is 0 Å². The van der Waals surface area contributed by atoms with Crippen LogP contribution < -0.4 is 10.6 Å². The molecule has 0 aliphatic heterocycles. The van der Waals surface area contributed by atoms with Gasteiger partial charge in [0.05, 0.1) is 6.61 Å². The largest absolute Gasteiger partial charge is 0.395 e. The van der Waals surface area contributed by atoms with Crippen molar-refractivity contribution in [2.75, 3.05) is 13.2 Å². The average Bonchev–Trinajstić information content (AvgIpc) is 2.48. The summed E-state index contributed by atoms with van der Waals surface area (Å²) in [6.07, 6.45) is 4.47. The second-order valence-electron chi connectivity index (χ2n) is 3.28. The van der Waals surface area contributed by atoms with E-state index in [1.165, 1.54) is 5.57 Å². The Bertz CT molecular complexity index is 216. The Morgan fingerprint density at radius 2 is 2.54 bits per heavy atom. The molecule has 13 heavy (non-hydrogen) atoms. The van der Waals surface area contributed by atoms with Crippen LogP contribution in [-0.2, 0) is 0 Å². The molecule has 0 aromatic heterocycles. The number of hydrogen-bond acceptors (Lipinski definition) is 2. The summed E-state index contributed by atoms with van der Waals surface area (Å²) in [5.41, 5.74) is 1.42. The second-order valence-corrected chi connectivity index (χ2v) is 3.69. The van der Waals surface area contributed by atoms with E-state index in [0.29, 0.717) is 17.7 Å². The number of nitrogens with one attached hydrogen (secondary N) is 2. The van der Waals surface area contributed by atoms with Gasteiger partial charge in [0.1, 0.15) is 0 Å². The van der Waals surface area contributed by atoms with Crippen LogP contribution >= 0.6 is 12.2 Å². The molecule has 3 nitrogen and oxygen atoms in total. The van der Waals surface area contributed by atoms with Crippen molar-refractivity contribution in [3.8, 4) is 0 Å². The summed E-state index contributed by atoms with van der Waals surface area (Å²) in [6.45, 7) is 2.76.